The lowest BCUT2D eigenvalue weighted by atomic mass is 10.1. The summed E-state index contributed by atoms with van der Waals surface area (Å²) in [5.74, 6) is 0.297. The number of rotatable bonds is 5. The zero-order valence-electron chi connectivity index (χ0n) is 17.5. The largest absolute Gasteiger partial charge is 0.476 e. The van der Waals surface area contributed by atoms with Crippen molar-refractivity contribution in [2.45, 2.75) is 16.2 Å². The highest BCUT2D eigenvalue weighted by Crippen LogP contribution is 2.41. The summed E-state index contributed by atoms with van der Waals surface area (Å²) in [6.07, 6.45) is -0.744. The minimum Gasteiger partial charge on any atom is -0.476 e. The van der Waals surface area contributed by atoms with E-state index in [1.165, 1.54) is 16.7 Å². The van der Waals surface area contributed by atoms with Gasteiger partial charge in [0.2, 0.25) is 5.91 Å². The van der Waals surface area contributed by atoms with E-state index in [-0.39, 0.29) is 18.4 Å². The van der Waals surface area contributed by atoms with E-state index in [4.69, 9.17) is 4.74 Å². The SMILES string of the molecule is CN(C)C(=O)[C@H]1CN(C(=O)[C@@H](Sc2ccccc2)c2ccccc2)c2ccccc2O1. The Hall–Kier alpha value is -3.25. The van der Waals surface area contributed by atoms with Gasteiger partial charge in [-0.1, -0.05) is 60.7 Å². The van der Waals surface area contributed by atoms with Crippen molar-refractivity contribution in [2.75, 3.05) is 25.5 Å². The van der Waals surface area contributed by atoms with E-state index in [2.05, 4.69) is 0 Å². The first-order valence-corrected chi connectivity index (χ1v) is 11.0. The molecule has 0 aromatic heterocycles. The summed E-state index contributed by atoms with van der Waals surface area (Å²) in [6.45, 7) is 0.172. The number of carbonyl (C=O) groups excluding carboxylic acids is 2. The summed E-state index contributed by atoms with van der Waals surface area (Å²) < 4.78 is 5.95. The Bertz CT molecular complexity index is 1060. The Morgan fingerprint density at radius 3 is 2.23 bits per heavy atom. The first-order chi connectivity index (χ1) is 15.0. The second-order valence-corrected chi connectivity index (χ2v) is 8.66. The van der Waals surface area contributed by atoms with Crippen molar-refractivity contribution in [1.82, 2.24) is 4.90 Å². The Morgan fingerprint density at radius 1 is 0.935 bits per heavy atom. The van der Waals surface area contributed by atoms with Crippen LogP contribution in [-0.2, 0) is 9.59 Å². The first-order valence-electron chi connectivity index (χ1n) is 10.1. The maximum absolute atomic E-state index is 13.9. The average molecular weight is 433 g/mol. The van der Waals surface area contributed by atoms with Gasteiger partial charge in [-0.05, 0) is 29.8 Å². The number of amides is 2. The molecule has 0 unspecified atom stereocenters. The molecule has 2 amide bonds. The molecule has 31 heavy (non-hydrogen) atoms. The number of nitrogens with zero attached hydrogens (tertiary/aromatic N) is 2. The van der Waals surface area contributed by atoms with E-state index in [0.29, 0.717) is 11.4 Å². The molecule has 1 heterocycles. The van der Waals surface area contributed by atoms with Gasteiger partial charge in [0.05, 0.1) is 12.2 Å². The van der Waals surface area contributed by atoms with Crippen molar-refractivity contribution in [3.05, 3.63) is 90.5 Å². The van der Waals surface area contributed by atoms with Crippen molar-refractivity contribution < 1.29 is 14.3 Å². The summed E-state index contributed by atoms with van der Waals surface area (Å²) >= 11 is 1.51. The van der Waals surface area contributed by atoms with Crippen LogP contribution < -0.4 is 9.64 Å². The standard InChI is InChI=1S/C25H24N2O3S/c1-26(2)24(28)22-17-27(20-15-9-10-16-21(20)30-22)25(29)23(18-11-5-3-6-12-18)31-19-13-7-4-8-14-19/h3-16,22-23H,17H2,1-2H3/t22-,23+/m1/s1. The van der Waals surface area contributed by atoms with E-state index in [9.17, 15) is 9.59 Å². The Balaban J connectivity index is 1.72. The lowest BCUT2D eigenvalue weighted by Gasteiger charge is -2.36. The Labute approximate surface area is 186 Å². The minimum absolute atomic E-state index is 0.0765. The molecule has 1 aliphatic rings. The molecule has 0 saturated heterocycles. The number of anilines is 1. The number of thioether (sulfide) groups is 1. The number of fused-ring (bicyclic) bond motifs is 1. The van der Waals surface area contributed by atoms with Gasteiger partial charge in [-0.15, -0.1) is 11.8 Å². The molecule has 0 fully saturated rings. The van der Waals surface area contributed by atoms with Gasteiger partial charge in [0.25, 0.3) is 5.91 Å². The van der Waals surface area contributed by atoms with Crippen LogP contribution in [0.2, 0.25) is 0 Å². The van der Waals surface area contributed by atoms with E-state index in [0.717, 1.165) is 10.5 Å². The van der Waals surface area contributed by atoms with Gasteiger partial charge in [0, 0.05) is 19.0 Å². The lowest BCUT2D eigenvalue weighted by molar-refractivity contribution is -0.136. The van der Waals surface area contributed by atoms with Crippen molar-refractivity contribution in [1.29, 1.82) is 0 Å². The minimum atomic E-state index is -0.744. The Morgan fingerprint density at radius 2 is 1.55 bits per heavy atom. The number of likely N-dealkylation sites (N-methyl/N-ethyl adjacent to an activating group) is 1. The van der Waals surface area contributed by atoms with Crippen LogP contribution in [0.4, 0.5) is 5.69 Å². The molecule has 158 valence electrons. The third-order valence-corrected chi connectivity index (χ3v) is 6.33. The van der Waals surface area contributed by atoms with Crippen LogP contribution in [0.25, 0.3) is 0 Å². The monoisotopic (exact) mass is 432 g/mol. The van der Waals surface area contributed by atoms with Crippen LogP contribution >= 0.6 is 11.8 Å². The summed E-state index contributed by atoms with van der Waals surface area (Å²) in [5.41, 5.74) is 1.60. The molecular formula is C25H24N2O3S. The summed E-state index contributed by atoms with van der Waals surface area (Å²) in [6, 6.07) is 27.0. The Kier molecular flexibility index (Phi) is 6.28. The van der Waals surface area contributed by atoms with E-state index in [1.54, 1.807) is 25.1 Å². The van der Waals surface area contributed by atoms with E-state index < -0.39 is 11.4 Å². The van der Waals surface area contributed by atoms with Crippen molar-refractivity contribution in [2.24, 2.45) is 0 Å². The summed E-state index contributed by atoms with van der Waals surface area (Å²) in [5, 5.41) is -0.454. The molecular weight excluding hydrogens is 408 g/mol. The van der Waals surface area contributed by atoms with Gasteiger partial charge in [0.15, 0.2) is 6.10 Å². The fourth-order valence-electron chi connectivity index (χ4n) is 3.53. The van der Waals surface area contributed by atoms with Gasteiger partial charge < -0.3 is 14.5 Å². The molecule has 0 saturated carbocycles. The quantitative estimate of drug-likeness (QED) is 0.561. The number of benzene rings is 3. The molecule has 1 aliphatic heterocycles. The number of hydrogen-bond acceptors (Lipinski definition) is 4. The van der Waals surface area contributed by atoms with Crippen LogP contribution in [0, 0.1) is 0 Å². The van der Waals surface area contributed by atoms with Gasteiger partial charge in [0.1, 0.15) is 11.0 Å². The second-order valence-electron chi connectivity index (χ2n) is 7.48. The van der Waals surface area contributed by atoms with Crippen molar-refractivity contribution >= 4 is 29.3 Å². The summed E-state index contributed by atoms with van der Waals surface area (Å²) in [7, 11) is 3.38. The first kappa shape index (κ1) is 21.0. The molecule has 0 N–H and O–H groups in total. The lowest BCUT2D eigenvalue weighted by Crippen LogP contribution is -2.51. The van der Waals surface area contributed by atoms with Gasteiger partial charge in [-0.3, -0.25) is 9.59 Å². The molecule has 0 spiro atoms. The zero-order valence-corrected chi connectivity index (χ0v) is 18.3. The van der Waals surface area contributed by atoms with E-state index in [1.807, 2.05) is 78.9 Å². The highest BCUT2D eigenvalue weighted by molar-refractivity contribution is 8.00. The zero-order chi connectivity index (χ0) is 21.8. The fourth-order valence-corrected chi connectivity index (χ4v) is 4.63. The van der Waals surface area contributed by atoms with Crippen LogP contribution in [0.3, 0.4) is 0 Å². The number of ether oxygens (including phenoxy) is 1. The highest BCUT2D eigenvalue weighted by atomic mass is 32.2. The van der Waals surface area contributed by atoms with Crippen LogP contribution in [-0.4, -0.2) is 43.5 Å². The van der Waals surface area contributed by atoms with Crippen molar-refractivity contribution in [3.8, 4) is 5.75 Å². The molecule has 2 atom stereocenters. The smallest absolute Gasteiger partial charge is 0.265 e. The fraction of sp³-hybridized carbons (Fsp3) is 0.200. The summed E-state index contributed by atoms with van der Waals surface area (Å²) in [4.78, 5) is 30.8. The maximum Gasteiger partial charge on any atom is 0.265 e. The van der Waals surface area contributed by atoms with Crippen LogP contribution in [0.1, 0.15) is 10.8 Å². The normalized spacial score (nSPS) is 16.1. The molecule has 0 radical (unpaired) electrons. The predicted octanol–water partition coefficient (Wildman–Crippen LogP) is 4.40. The van der Waals surface area contributed by atoms with Gasteiger partial charge in [-0.25, -0.2) is 0 Å². The molecule has 4 rings (SSSR count). The molecule has 0 bridgehead atoms. The maximum atomic E-state index is 13.9. The van der Waals surface area contributed by atoms with Crippen LogP contribution in [0.5, 0.6) is 5.75 Å². The van der Waals surface area contributed by atoms with E-state index >= 15 is 0 Å². The number of para-hydroxylation sites is 2. The third kappa shape index (κ3) is 4.59. The molecule has 0 aliphatic carbocycles. The molecule has 5 nitrogen and oxygen atoms in total. The second kappa shape index (κ2) is 9.27. The van der Waals surface area contributed by atoms with Gasteiger partial charge in [-0.2, -0.15) is 0 Å². The third-order valence-electron chi connectivity index (χ3n) is 5.08. The average Bonchev–Trinajstić information content (AvgIpc) is 2.82. The number of hydrogen-bond donors (Lipinski definition) is 0. The molecule has 3 aromatic rings. The topological polar surface area (TPSA) is 49.9 Å². The van der Waals surface area contributed by atoms with Gasteiger partial charge >= 0.3 is 0 Å². The van der Waals surface area contributed by atoms with Crippen molar-refractivity contribution in [3.63, 3.8) is 0 Å². The molecule has 3 aromatic carbocycles. The molecule has 6 heteroatoms. The highest BCUT2D eigenvalue weighted by Gasteiger charge is 2.37. The number of carbonyl (C=O) groups is 2. The van der Waals surface area contributed by atoms with Crippen LogP contribution in [0.15, 0.2) is 89.8 Å². The predicted molar refractivity (Wildman–Crippen MR) is 123 cm³/mol.